The summed E-state index contributed by atoms with van der Waals surface area (Å²) < 4.78 is 41.8. The van der Waals surface area contributed by atoms with E-state index in [1.165, 1.54) is 6.92 Å². The minimum absolute atomic E-state index is 0.0582. The third kappa shape index (κ3) is 4.29. The Balaban J connectivity index is 1.63. The van der Waals surface area contributed by atoms with Crippen LogP contribution in [0.5, 0.6) is 0 Å². The van der Waals surface area contributed by atoms with Crippen molar-refractivity contribution in [2.75, 3.05) is 6.54 Å². The fourth-order valence-corrected chi connectivity index (χ4v) is 2.89. The zero-order valence-corrected chi connectivity index (χ0v) is 15.2. The molecule has 0 radical (unpaired) electrons. The Morgan fingerprint density at radius 2 is 1.96 bits per heavy atom. The molecule has 1 unspecified atom stereocenters. The summed E-state index contributed by atoms with van der Waals surface area (Å²) in [6.45, 7) is 5.44. The van der Waals surface area contributed by atoms with Crippen LogP contribution in [-0.2, 0) is 12.7 Å². The average Bonchev–Trinajstić information content (AvgIpc) is 3.12. The van der Waals surface area contributed by atoms with Crippen molar-refractivity contribution in [2.24, 2.45) is 5.92 Å². The zero-order chi connectivity index (χ0) is 19.8. The van der Waals surface area contributed by atoms with Gasteiger partial charge >= 0.3 is 6.18 Å². The molecule has 6 nitrogen and oxygen atoms in total. The summed E-state index contributed by atoms with van der Waals surface area (Å²) >= 11 is 0. The van der Waals surface area contributed by atoms with E-state index in [1.807, 2.05) is 13.1 Å². The highest BCUT2D eigenvalue weighted by molar-refractivity contribution is 5.94. The van der Waals surface area contributed by atoms with Crippen molar-refractivity contribution in [2.45, 2.75) is 33.5 Å². The SMILES string of the molecule is Cc1cn2cc(C(=O)NCC(C)Cn3nc(C)cc3C(F)(F)F)ccc2n1. The van der Waals surface area contributed by atoms with Crippen molar-refractivity contribution in [1.82, 2.24) is 24.5 Å². The van der Waals surface area contributed by atoms with Crippen LogP contribution in [0.2, 0.25) is 0 Å². The fourth-order valence-electron chi connectivity index (χ4n) is 2.89. The number of rotatable bonds is 5. The Morgan fingerprint density at radius 1 is 1.22 bits per heavy atom. The molecule has 27 heavy (non-hydrogen) atoms. The zero-order valence-electron chi connectivity index (χ0n) is 15.2. The second-order valence-corrected chi connectivity index (χ2v) is 6.73. The quantitative estimate of drug-likeness (QED) is 0.740. The van der Waals surface area contributed by atoms with Crippen LogP contribution in [0.15, 0.2) is 30.6 Å². The third-order valence-electron chi connectivity index (χ3n) is 4.12. The smallest absolute Gasteiger partial charge is 0.352 e. The van der Waals surface area contributed by atoms with Gasteiger partial charge in [-0.2, -0.15) is 18.3 Å². The Morgan fingerprint density at radius 3 is 2.67 bits per heavy atom. The summed E-state index contributed by atoms with van der Waals surface area (Å²) in [6, 6.07) is 4.43. The molecule has 0 aliphatic rings. The van der Waals surface area contributed by atoms with E-state index in [0.29, 0.717) is 11.3 Å². The number of aryl methyl sites for hydroxylation is 2. The third-order valence-corrected chi connectivity index (χ3v) is 4.12. The van der Waals surface area contributed by atoms with Crippen LogP contribution < -0.4 is 5.32 Å². The standard InChI is InChI=1S/C18H20F3N5O/c1-11(8-26-15(18(19,20)21)6-12(2)24-26)7-22-17(27)14-4-5-16-23-13(3)9-25(16)10-14/h4-6,9-11H,7-8H2,1-3H3,(H,22,27). The first kappa shape index (κ1) is 18.9. The lowest BCUT2D eigenvalue weighted by molar-refractivity contribution is -0.144. The highest BCUT2D eigenvalue weighted by Gasteiger charge is 2.35. The Bertz CT molecular complexity index is 973. The summed E-state index contributed by atoms with van der Waals surface area (Å²) in [5.41, 5.74) is 1.57. The molecule has 9 heteroatoms. The van der Waals surface area contributed by atoms with E-state index in [0.717, 1.165) is 22.1 Å². The van der Waals surface area contributed by atoms with Crippen molar-refractivity contribution in [3.8, 4) is 0 Å². The summed E-state index contributed by atoms with van der Waals surface area (Å²) in [5, 5.41) is 6.67. The van der Waals surface area contributed by atoms with Crippen molar-refractivity contribution in [3.05, 3.63) is 53.2 Å². The Hall–Kier alpha value is -2.84. The van der Waals surface area contributed by atoms with Crippen LogP contribution in [0.4, 0.5) is 13.2 Å². The molecule has 0 bridgehead atoms. The number of nitrogens with one attached hydrogen (secondary N) is 1. The van der Waals surface area contributed by atoms with Gasteiger partial charge in [0.25, 0.3) is 5.91 Å². The van der Waals surface area contributed by atoms with E-state index in [2.05, 4.69) is 15.4 Å². The highest BCUT2D eigenvalue weighted by atomic mass is 19.4. The molecule has 1 atom stereocenters. The molecule has 3 aromatic heterocycles. The summed E-state index contributed by atoms with van der Waals surface area (Å²) in [7, 11) is 0. The van der Waals surface area contributed by atoms with E-state index in [4.69, 9.17) is 0 Å². The largest absolute Gasteiger partial charge is 0.433 e. The van der Waals surface area contributed by atoms with Gasteiger partial charge in [-0.05, 0) is 38.0 Å². The number of imidazole rings is 1. The maximum atomic E-state index is 13.0. The lowest BCUT2D eigenvalue weighted by atomic mass is 10.1. The predicted octanol–water partition coefficient (Wildman–Crippen LogP) is 3.23. The van der Waals surface area contributed by atoms with Crippen LogP contribution in [0, 0.1) is 19.8 Å². The van der Waals surface area contributed by atoms with Gasteiger partial charge in [-0.3, -0.25) is 9.48 Å². The lowest BCUT2D eigenvalue weighted by Crippen LogP contribution is -2.31. The van der Waals surface area contributed by atoms with Gasteiger partial charge in [0.15, 0.2) is 0 Å². The molecule has 0 saturated heterocycles. The van der Waals surface area contributed by atoms with Crippen LogP contribution in [0.3, 0.4) is 0 Å². The van der Waals surface area contributed by atoms with Gasteiger partial charge in [0.05, 0.1) is 17.0 Å². The van der Waals surface area contributed by atoms with Crippen LogP contribution in [0.1, 0.15) is 34.4 Å². The van der Waals surface area contributed by atoms with E-state index in [9.17, 15) is 18.0 Å². The lowest BCUT2D eigenvalue weighted by Gasteiger charge is -2.16. The van der Waals surface area contributed by atoms with Gasteiger partial charge in [-0.25, -0.2) is 4.98 Å². The minimum Gasteiger partial charge on any atom is -0.352 e. The van der Waals surface area contributed by atoms with Gasteiger partial charge in [0.1, 0.15) is 11.3 Å². The highest BCUT2D eigenvalue weighted by Crippen LogP contribution is 2.30. The van der Waals surface area contributed by atoms with E-state index >= 15 is 0 Å². The molecule has 3 aromatic rings. The molecular formula is C18H20F3N5O. The molecule has 144 valence electrons. The number of fused-ring (bicyclic) bond motifs is 1. The number of halogens is 3. The minimum atomic E-state index is -4.46. The first-order valence-electron chi connectivity index (χ1n) is 8.48. The molecule has 3 rings (SSSR count). The second kappa shape index (κ2) is 7.05. The fraction of sp³-hybridized carbons (Fsp3) is 0.389. The first-order chi connectivity index (χ1) is 12.6. The molecule has 0 spiro atoms. The van der Waals surface area contributed by atoms with E-state index < -0.39 is 11.9 Å². The van der Waals surface area contributed by atoms with Gasteiger partial charge in [-0.15, -0.1) is 0 Å². The normalized spacial score (nSPS) is 13.1. The molecule has 3 heterocycles. The topological polar surface area (TPSA) is 64.2 Å². The number of carbonyl (C=O) groups excluding carboxylic acids is 1. The number of aromatic nitrogens is 4. The molecule has 0 saturated carbocycles. The summed E-state index contributed by atoms with van der Waals surface area (Å²) in [6.07, 6.45) is -0.968. The molecule has 0 fully saturated rings. The number of hydrogen-bond donors (Lipinski definition) is 1. The van der Waals surface area contributed by atoms with Crippen molar-refractivity contribution in [3.63, 3.8) is 0 Å². The number of amides is 1. The number of carbonyl (C=O) groups is 1. The Kier molecular flexibility index (Phi) is 4.95. The average molecular weight is 379 g/mol. The second-order valence-electron chi connectivity index (χ2n) is 6.73. The summed E-state index contributed by atoms with van der Waals surface area (Å²) in [4.78, 5) is 16.6. The monoisotopic (exact) mass is 379 g/mol. The van der Waals surface area contributed by atoms with Gasteiger partial charge in [0.2, 0.25) is 0 Å². The van der Waals surface area contributed by atoms with Crippen molar-refractivity contribution in [1.29, 1.82) is 0 Å². The number of hydrogen-bond acceptors (Lipinski definition) is 3. The van der Waals surface area contributed by atoms with Crippen LogP contribution in [0.25, 0.3) is 5.65 Å². The maximum absolute atomic E-state index is 13.0. The number of alkyl halides is 3. The van der Waals surface area contributed by atoms with Crippen LogP contribution in [-0.4, -0.2) is 31.6 Å². The maximum Gasteiger partial charge on any atom is 0.433 e. The number of pyridine rings is 1. The van der Waals surface area contributed by atoms with E-state index in [-0.39, 0.29) is 24.9 Å². The first-order valence-corrected chi connectivity index (χ1v) is 8.48. The van der Waals surface area contributed by atoms with E-state index in [1.54, 1.807) is 29.7 Å². The molecule has 1 N–H and O–H groups in total. The Labute approximate surface area is 154 Å². The van der Waals surface area contributed by atoms with Crippen LogP contribution >= 0.6 is 0 Å². The summed E-state index contributed by atoms with van der Waals surface area (Å²) in [5.74, 6) is -0.517. The number of nitrogens with zero attached hydrogens (tertiary/aromatic N) is 4. The van der Waals surface area contributed by atoms with Gasteiger partial charge in [0, 0.05) is 25.5 Å². The van der Waals surface area contributed by atoms with Gasteiger partial charge in [-0.1, -0.05) is 6.92 Å². The van der Waals surface area contributed by atoms with Crippen molar-refractivity contribution < 1.29 is 18.0 Å². The predicted molar refractivity (Wildman–Crippen MR) is 93.4 cm³/mol. The molecule has 0 aliphatic heterocycles. The molecule has 0 aliphatic carbocycles. The van der Waals surface area contributed by atoms with Crippen molar-refractivity contribution >= 4 is 11.6 Å². The van der Waals surface area contributed by atoms with Gasteiger partial charge < -0.3 is 9.72 Å². The molecule has 0 aromatic carbocycles. The molecule has 1 amide bonds. The molecular weight excluding hydrogens is 359 g/mol.